The number of benzene rings is 2. The highest BCUT2D eigenvalue weighted by molar-refractivity contribution is 9.10. The van der Waals surface area contributed by atoms with Gasteiger partial charge >= 0.3 is 5.97 Å². The van der Waals surface area contributed by atoms with Crippen molar-refractivity contribution in [1.29, 1.82) is 0 Å². The van der Waals surface area contributed by atoms with Gasteiger partial charge in [0.2, 0.25) is 5.91 Å². The number of nitrogens with one attached hydrogen (secondary N) is 1. The number of ketones is 1. The smallest absolute Gasteiger partial charge is 0.311 e. The molecule has 1 atom stereocenters. The fraction of sp³-hybridized carbons (Fsp3) is 0.333. The molecule has 0 bridgehead atoms. The summed E-state index contributed by atoms with van der Waals surface area (Å²) in [5.74, 6) is -2.54. The maximum atomic E-state index is 12.5. The number of rotatable bonds is 6. The van der Waals surface area contributed by atoms with Crippen LogP contribution in [0, 0.1) is 5.92 Å². The molecule has 32 heavy (non-hydrogen) atoms. The second-order valence-electron chi connectivity index (χ2n) is 8.71. The van der Waals surface area contributed by atoms with E-state index in [0.29, 0.717) is 11.1 Å². The summed E-state index contributed by atoms with van der Waals surface area (Å²) < 4.78 is 5.95. The quantitative estimate of drug-likeness (QED) is 0.482. The van der Waals surface area contributed by atoms with Crippen LogP contribution in [0.25, 0.3) is 0 Å². The van der Waals surface area contributed by atoms with Gasteiger partial charge in [0.15, 0.2) is 12.4 Å². The van der Waals surface area contributed by atoms with Crippen molar-refractivity contribution in [3.8, 4) is 0 Å². The molecule has 3 rings (SSSR count). The molecule has 1 saturated heterocycles. The monoisotopic (exact) mass is 500 g/mol. The average molecular weight is 501 g/mol. The predicted octanol–water partition coefficient (Wildman–Crippen LogP) is 3.67. The number of carbonyl (C=O) groups is 4. The van der Waals surface area contributed by atoms with Crippen molar-refractivity contribution in [3.63, 3.8) is 0 Å². The summed E-state index contributed by atoms with van der Waals surface area (Å²) in [6.45, 7) is 5.83. The summed E-state index contributed by atoms with van der Waals surface area (Å²) >= 11 is 3.29. The molecule has 2 aromatic rings. The van der Waals surface area contributed by atoms with Crippen LogP contribution in [-0.2, 0) is 19.7 Å². The number of esters is 1. The number of ether oxygens (including phenoxy) is 1. The van der Waals surface area contributed by atoms with Crippen LogP contribution in [-0.4, -0.2) is 41.7 Å². The van der Waals surface area contributed by atoms with Gasteiger partial charge in [-0.3, -0.25) is 29.6 Å². The first kappa shape index (κ1) is 23.7. The van der Waals surface area contributed by atoms with Gasteiger partial charge in [-0.15, -0.1) is 0 Å². The molecule has 1 N–H and O–H groups in total. The second-order valence-corrected chi connectivity index (χ2v) is 9.63. The van der Waals surface area contributed by atoms with Crippen LogP contribution < -0.4 is 5.43 Å². The van der Waals surface area contributed by atoms with Gasteiger partial charge in [-0.2, -0.15) is 0 Å². The van der Waals surface area contributed by atoms with Crippen molar-refractivity contribution in [2.24, 2.45) is 5.92 Å². The van der Waals surface area contributed by atoms with Gasteiger partial charge in [0.1, 0.15) is 0 Å². The molecule has 7 nitrogen and oxygen atoms in total. The molecule has 0 spiro atoms. The minimum Gasteiger partial charge on any atom is -0.457 e. The zero-order valence-corrected chi connectivity index (χ0v) is 19.8. The van der Waals surface area contributed by atoms with E-state index in [9.17, 15) is 19.2 Å². The van der Waals surface area contributed by atoms with Crippen LogP contribution in [0.1, 0.15) is 53.5 Å². The molecule has 1 aliphatic rings. The summed E-state index contributed by atoms with van der Waals surface area (Å²) in [7, 11) is 0. The zero-order valence-electron chi connectivity index (χ0n) is 18.2. The molecule has 8 heteroatoms. The third-order valence-corrected chi connectivity index (χ3v) is 5.75. The summed E-state index contributed by atoms with van der Waals surface area (Å²) in [6.07, 6.45) is -0.0887. The fourth-order valence-corrected chi connectivity index (χ4v) is 3.52. The topological polar surface area (TPSA) is 92.8 Å². The maximum Gasteiger partial charge on any atom is 0.311 e. The summed E-state index contributed by atoms with van der Waals surface area (Å²) in [4.78, 5) is 49.3. The van der Waals surface area contributed by atoms with Crippen molar-refractivity contribution in [2.75, 3.05) is 13.2 Å². The fourth-order valence-electron chi connectivity index (χ4n) is 3.26. The minimum absolute atomic E-state index is 0.00401. The Labute approximate surface area is 195 Å². The van der Waals surface area contributed by atoms with E-state index < -0.39 is 24.4 Å². The van der Waals surface area contributed by atoms with Crippen LogP contribution in [0.2, 0.25) is 0 Å². The van der Waals surface area contributed by atoms with Crippen molar-refractivity contribution in [3.05, 3.63) is 69.7 Å². The van der Waals surface area contributed by atoms with Crippen molar-refractivity contribution in [2.45, 2.75) is 32.6 Å². The number of hydrazine groups is 1. The van der Waals surface area contributed by atoms with Gasteiger partial charge in [0, 0.05) is 22.0 Å². The molecule has 2 aromatic carbocycles. The number of Topliss-reactive ketones (excluding diaryl/α,β-unsaturated/α-hetero) is 1. The lowest BCUT2D eigenvalue weighted by atomic mass is 9.87. The lowest BCUT2D eigenvalue weighted by molar-refractivity contribution is -0.147. The van der Waals surface area contributed by atoms with E-state index in [1.165, 1.54) is 0 Å². The molecular weight excluding hydrogens is 476 g/mol. The van der Waals surface area contributed by atoms with E-state index in [1.807, 2.05) is 12.1 Å². The summed E-state index contributed by atoms with van der Waals surface area (Å²) in [5, 5.41) is 1.13. The van der Waals surface area contributed by atoms with Crippen LogP contribution in [0.4, 0.5) is 0 Å². The number of hydrogen-bond donors (Lipinski definition) is 1. The van der Waals surface area contributed by atoms with E-state index in [0.717, 1.165) is 15.0 Å². The van der Waals surface area contributed by atoms with Crippen LogP contribution in [0.15, 0.2) is 53.0 Å². The molecule has 0 aliphatic carbocycles. The molecule has 0 saturated carbocycles. The largest absolute Gasteiger partial charge is 0.457 e. The minimum atomic E-state index is -0.746. The third-order valence-electron chi connectivity index (χ3n) is 5.22. The standard InChI is InChI=1S/C24H25BrN2O5/c1-24(2,3)18-8-4-16(5-9-18)22(30)26-27-13-17(12-21(27)29)23(31)32-14-20(28)15-6-10-19(25)11-7-15/h4-11,17H,12-14H2,1-3H3,(H,26,30)/t17-/m1/s1. The van der Waals surface area contributed by atoms with Crippen LogP contribution >= 0.6 is 15.9 Å². The van der Waals surface area contributed by atoms with Crippen molar-refractivity contribution >= 4 is 39.5 Å². The maximum absolute atomic E-state index is 12.5. The SMILES string of the molecule is CC(C)(C)c1ccc(C(=O)NN2C[C@H](C(=O)OCC(=O)c3ccc(Br)cc3)CC2=O)cc1. The summed E-state index contributed by atoms with van der Waals surface area (Å²) in [6, 6.07) is 13.9. The Hall–Kier alpha value is -3.00. The van der Waals surface area contributed by atoms with Gasteiger partial charge in [-0.25, -0.2) is 0 Å². The number of amides is 2. The lowest BCUT2D eigenvalue weighted by Crippen LogP contribution is -2.43. The van der Waals surface area contributed by atoms with Crippen LogP contribution in [0.3, 0.4) is 0 Å². The van der Waals surface area contributed by atoms with Crippen molar-refractivity contribution in [1.82, 2.24) is 10.4 Å². The van der Waals surface area contributed by atoms with Crippen LogP contribution in [0.5, 0.6) is 0 Å². The number of nitrogens with zero attached hydrogens (tertiary/aromatic N) is 1. The highest BCUT2D eigenvalue weighted by atomic mass is 79.9. The molecule has 1 heterocycles. The van der Waals surface area contributed by atoms with E-state index in [4.69, 9.17) is 4.74 Å². The Morgan fingerprint density at radius 3 is 2.22 bits per heavy atom. The Balaban J connectivity index is 1.52. The normalized spacial score (nSPS) is 16.1. The molecule has 168 valence electrons. The lowest BCUT2D eigenvalue weighted by Gasteiger charge is -2.20. The second kappa shape index (κ2) is 9.65. The first-order chi connectivity index (χ1) is 15.0. The molecule has 2 amide bonds. The zero-order chi connectivity index (χ0) is 23.5. The Kier molecular flexibility index (Phi) is 7.13. The van der Waals surface area contributed by atoms with Gasteiger partial charge < -0.3 is 4.74 Å². The van der Waals surface area contributed by atoms with Gasteiger partial charge in [-0.1, -0.05) is 61.0 Å². The molecule has 1 fully saturated rings. The third kappa shape index (κ3) is 5.82. The van der Waals surface area contributed by atoms with Gasteiger partial charge in [0.05, 0.1) is 12.5 Å². The number of carbonyl (C=O) groups excluding carboxylic acids is 4. The van der Waals surface area contributed by atoms with E-state index in [1.54, 1.807) is 36.4 Å². The van der Waals surface area contributed by atoms with E-state index in [2.05, 4.69) is 42.1 Å². The Morgan fingerprint density at radius 1 is 1.03 bits per heavy atom. The van der Waals surface area contributed by atoms with Crippen molar-refractivity contribution < 1.29 is 23.9 Å². The predicted molar refractivity (Wildman–Crippen MR) is 122 cm³/mol. The molecule has 0 radical (unpaired) electrons. The highest BCUT2D eigenvalue weighted by Crippen LogP contribution is 2.23. The van der Waals surface area contributed by atoms with E-state index >= 15 is 0 Å². The first-order valence-corrected chi connectivity index (χ1v) is 11.0. The van der Waals surface area contributed by atoms with Gasteiger partial charge in [0.25, 0.3) is 5.91 Å². The molecular formula is C24H25BrN2O5. The van der Waals surface area contributed by atoms with E-state index in [-0.39, 0.29) is 30.1 Å². The number of hydrogen-bond acceptors (Lipinski definition) is 5. The molecule has 0 aromatic heterocycles. The molecule has 0 unspecified atom stereocenters. The average Bonchev–Trinajstić information content (AvgIpc) is 3.12. The highest BCUT2D eigenvalue weighted by Gasteiger charge is 2.36. The Morgan fingerprint density at radius 2 is 1.62 bits per heavy atom. The first-order valence-electron chi connectivity index (χ1n) is 10.2. The molecule has 1 aliphatic heterocycles. The summed E-state index contributed by atoms with van der Waals surface area (Å²) in [5.41, 5.74) is 4.44. The van der Waals surface area contributed by atoms with Gasteiger partial charge in [-0.05, 0) is 35.2 Å². The number of halogens is 1. The Bertz CT molecular complexity index is 1030.